The third-order valence-electron chi connectivity index (χ3n) is 6.37. The van der Waals surface area contributed by atoms with Crippen LogP contribution in [0.4, 0.5) is 0 Å². The second-order valence-corrected chi connectivity index (χ2v) is 8.54. The average molecular weight is 346 g/mol. The minimum Gasteiger partial charge on any atom is -0.504 e. The summed E-state index contributed by atoms with van der Waals surface area (Å²) in [5.41, 5.74) is -0.810. The van der Waals surface area contributed by atoms with Crippen molar-refractivity contribution in [2.75, 3.05) is 0 Å². The van der Waals surface area contributed by atoms with Crippen LogP contribution in [-0.4, -0.2) is 27.1 Å². The van der Waals surface area contributed by atoms with E-state index < -0.39 is 23.1 Å². The van der Waals surface area contributed by atoms with E-state index in [2.05, 4.69) is 0 Å². The van der Waals surface area contributed by atoms with E-state index >= 15 is 0 Å². The Morgan fingerprint density at radius 3 is 2.40 bits per heavy atom. The molecule has 0 heterocycles. The number of fused-ring (bicyclic) bond motifs is 3. The molecule has 0 spiro atoms. The van der Waals surface area contributed by atoms with Crippen LogP contribution in [0.2, 0.25) is 0 Å². The number of hydrogen-bond acceptors (Lipinski definition) is 4. The molecule has 1 unspecified atom stereocenters. The summed E-state index contributed by atoms with van der Waals surface area (Å²) in [5.74, 6) is -2.40. The summed E-state index contributed by atoms with van der Waals surface area (Å²) in [5, 5.41) is 31.4. The summed E-state index contributed by atoms with van der Waals surface area (Å²) in [7, 11) is 0. The molecule has 25 heavy (non-hydrogen) atoms. The number of carbonyl (C=O) groups is 2. The van der Waals surface area contributed by atoms with Crippen LogP contribution in [0, 0.1) is 11.3 Å². The first kappa shape index (κ1) is 17.8. The Morgan fingerprint density at radius 2 is 1.84 bits per heavy atom. The van der Waals surface area contributed by atoms with Crippen LogP contribution >= 0.6 is 0 Å². The van der Waals surface area contributed by atoms with Crippen LogP contribution in [0.1, 0.15) is 80.8 Å². The lowest BCUT2D eigenvalue weighted by atomic mass is 9.49. The molecule has 1 fully saturated rings. The number of hydrogen-bond donors (Lipinski definition) is 3. The van der Waals surface area contributed by atoms with Gasteiger partial charge in [0, 0.05) is 23.1 Å². The van der Waals surface area contributed by atoms with Crippen LogP contribution in [0.3, 0.4) is 0 Å². The number of Topliss-reactive ketones (excluding diaryl/α,β-unsaturated/α-hetero) is 1. The predicted octanol–water partition coefficient (Wildman–Crippen LogP) is 3.96. The maximum absolute atomic E-state index is 12.8. The molecule has 0 aliphatic heterocycles. The first-order valence-electron chi connectivity index (χ1n) is 8.90. The predicted molar refractivity (Wildman–Crippen MR) is 93.2 cm³/mol. The number of aliphatic carboxylic acids is 1. The van der Waals surface area contributed by atoms with Gasteiger partial charge in [-0.05, 0) is 36.2 Å². The number of aromatic hydroxyl groups is 2. The largest absolute Gasteiger partial charge is 0.504 e. The second kappa shape index (κ2) is 5.48. The first-order valence-corrected chi connectivity index (χ1v) is 8.90. The van der Waals surface area contributed by atoms with Crippen molar-refractivity contribution in [1.82, 2.24) is 0 Å². The number of carboxylic acid groups (broad SMARTS) is 1. The Hall–Kier alpha value is -2.04. The van der Waals surface area contributed by atoms with Gasteiger partial charge in [-0.1, -0.05) is 34.1 Å². The second-order valence-electron chi connectivity index (χ2n) is 8.54. The van der Waals surface area contributed by atoms with Crippen molar-refractivity contribution in [2.24, 2.45) is 11.3 Å². The number of rotatable bonds is 2. The third-order valence-corrected chi connectivity index (χ3v) is 6.37. The van der Waals surface area contributed by atoms with E-state index in [4.69, 9.17) is 0 Å². The van der Waals surface area contributed by atoms with E-state index in [0.29, 0.717) is 18.4 Å². The molecule has 0 radical (unpaired) electrons. The van der Waals surface area contributed by atoms with E-state index in [1.165, 1.54) is 0 Å². The van der Waals surface area contributed by atoms with E-state index in [9.17, 15) is 24.9 Å². The first-order chi connectivity index (χ1) is 11.5. The van der Waals surface area contributed by atoms with Gasteiger partial charge < -0.3 is 15.3 Å². The molecule has 2 aliphatic rings. The Kier molecular flexibility index (Phi) is 3.90. The molecule has 1 saturated carbocycles. The third kappa shape index (κ3) is 2.28. The smallest absolute Gasteiger partial charge is 0.314 e. The number of phenols is 2. The van der Waals surface area contributed by atoms with Crippen LogP contribution in [0.25, 0.3) is 0 Å². The Bertz CT molecular complexity index is 762. The summed E-state index contributed by atoms with van der Waals surface area (Å²) < 4.78 is 0. The van der Waals surface area contributed by atoms with Gasteiger partial charge >= 0.3 is 5.97 Å². The lowest BCUT2D eigenvalue weighted by Crippen LogP contribution is -2.55. The minimum atomic E-state index is -1.33. The van der Waals surface area contributed by atoms with Crippen molar-refractivity contribution in [1.29, 1.82) is 0 Å². The highest BCUT2D eigenvalue weighted by Crippen LogP contribution is 2.60. The van der Waals surface area contributed by atoms with Gasteiger partial charge in [-0.3, -0.25) is 9.59 Å². The molecule has 0 amide bonds. The molecule has 1 aromatic rings. The molecule has 3 N–H and O–H groups in total. The number of ketones is 1. The Morgan fingerprint density at radius 1 is 1.20 bits per heavy atom. The molecule has 136 valence electrons. The van der Waals surface area contributed by atoms with E-state index in [-0.39, 0.29) is 40.4 Å². The molecule has 2 aliphatic carbocycles. The van der Waals surface area contributed by atoms with E-state index in [1.54, 1.807) is 6.07 Å². The maximum atomic E-state index is 12.8. The monoisotopic (exact) mass is 346 g/mol. The van der Waals surface area contributed by atoms with Crippen molar-refractivity contribution in [3.05, 3.63) is 22.8 Å². The Labute approximate surface area is 147 Å². The van der Waals surface area contributed by atoms with E-state index in [0.717, 1.165) is 6.42 Å². The zero-order chi connectivity index (χ0) is 18.7. The maximum Gasteiger partial charge on any atom is 0.314 e. The topological polar surface area (TPSA) is 94.8 Å². The van der Waals surface area contributed by atoms with Gasteiger partial charge in [0.25, 0.3) is 0 Å². The fraction of sp³-hybridized carbons (Fsp3) is 0.600. The average Bonchev–Trinajstić information content (AvgIpc) is 2.50. The minimum absolute atomic E-state index is 0.0923. The molecular weight excluding hydrogens is 320 g/mol. The fourth-order valence-electron chi connectivity index (χ4n) is 5.04. The highest BCUT2D eigenvalue weighted by Gasteiger charge is 2.60. The molecule has 0 saturated heterocycles. The van der Waals surface area contributed by atoms with Gasteiger partial charge in [-0.2, -0.15) is 0 Å². The number of benzene rings is 1. The summed E-state index contributed by atoms with van der Waals surface area (Å²) in [6.45, 7) is 7.69. The lowest BCUT2D eigenvalue weighted by molar-refractivity contribution is -0.152. The van der Waals surface area contributed by atoms with Gasteiger partial charge in [0.1, 0.15) is 5.41 Å². The molecule has 5 heteroatoms. The SMILES string of the molecule is CC(C)c1cc2c(c(O)c1O)[C@@]1(C(=O)O)CCCC(C)(C)C1CC2=O. The highest BCUT2D eigenvalue weighted by atomic mass is 16.4. The molecule has 3 rings (SSSR count). The molecular formula is C20H26O5. The fourth-order valence-corrected chi connectivity index (χ4v) is 5.04. The van der Waals surface area contributed by atoms with Gasteiger partial charge in [0.15, 0.2) is 17.3 Å². The normalized spacial score (nSPS) is 27.7. The lowest BCUT2D eigenvalue weighted by Gasteiger charge is -2.52. The van der Waals surface area contributed by atoms with E-state index in [1.807, 2.05) is 27.7 Å². The van der Waals surface area contributed by atoms with Crippen molar-refractivity contribution in [3.63, 3.8) is 0 Å². The van der Waals surface area contributed by atoms with Crippen LogP contribution < -0.4 is 0 Å². The molecule has 0 aromatic heterocycles. The standard InChI is InChI=1S/C20H26O5/c1-10(2)11-8-12-13(21)9-14-19(3,4)6-5-7-20(14,18(24)25)15(12)17(23)16(11)22/h8,10,14,22-23H,5-7,9H2,1-4H3,(H,24,25)/t14?,20-/m1/s1. The summed E-state index contributed by atoms with van der Waals surface area (Å²) >= 11 is 0. The summed E-state index contributed by atoms with van der Waals surface area (Å²) in [4.78, 5) is 25.3. The molecule has 0 bridgehead atoms. The highest BCUT2D eigenvalue weighted by molar-refractivity contribution is 6.04. The quantitative estimate of drug-likeness (QED) is 0.705. The number of carboxylic acids is 1. The van der Waals surface area contributed by atoms with Crippen LogP contribution in [0.15, 0.2) is 6.07 Å². The summed E-state index contributed by atoms with van der Waals surface area (Å²) in [6.07, 6.45) is 2.07. The number of carbonyl (C=O) groups excluding carboxylic acids is 1. The zero-order valence-corrected chi connectivity index (χ0v) is 15.2. The number of phenolic OH excluding ortho intramolecular Hbond substituents is 2. The van der Waals surface area contributed by atoms with Crippen molar-refractivity contribution >= 4 is 11.8 Å². The molecule has 5 nitrogen and oxygen atoms in total. The van der Waals surface area contributed by atoms with Crippen molar-refractivity contribution < 1.29 is 24.9 Å². The van der Waals surface area contributed by atoms with Crippen molar-refractivity contribution in [3.8, 4) is 11.5 Å². The van der Waals surface area contributed by atoms with Gasteiger partial charge in [-0.15, -0.1) is 0 Å². The van der Waals surface area contributed by atoms with Gasteiger partial charge in [0.05, 0.1) is 0 Å². The van der Waals surface area contributed by atoms with Gasteiger partial charge in [0.2, 0.25) is 0 Å². The molecule has 1 aromatic carbocycles. The molecule has 2 atom stereocenters. The zero-order valence-electron chi connectivity index (χ0n) is 15.2. The summed E-state index contributed by atoms with van der Waals surface area (Å²) in [6, 6.07) is 1.58. The Balaban J connectivity index is 2.38. The van der Waals surface area contributed by atoms with Crippen molar-refractivity contribution in [2.45, 2.75) is 64.7 Å². The van der Waals surface area contributed by atoms with Gasteiger partial charge in [-0.25, -0.2) is 0 Å². The van der Waals surface area contributed by atoms with Crippen LogP contribution in [-0.2, 0) is 10.2 Å². The van der Waals surface area contributed by atoms with Crippen LogP contribution in [0.5, 0.6) is 11.5 Å².